The Balaban J connectivity index is 0. The molecule has 5 unspecified atom stereocenters. The average Bonchev–Trinajstić information content (AvgIpc) is 2.57. The molecule has 1 aliphatic rings. The van der Waals surface area contributed by atoms with Crippen LogP contribution >= 0.6 is 18.6 Å². The Labute approximate surface area is 171 Å². The van der Waals surface area contributed by atoms with Crippen molar-refractivity contribution in [3.05, 3.63) is 12.4 Å². The molecule has 1 fully saturated rings. The zero-order chi connectivity index (χ0) is 18.4. The van der Waals surface area contributed by atoms with Gasteiger partial charge >= 0.3 is 35.6 Å². The van der Waals surface area contributed by atoms with Crippen molar-refractivity contribution in [3.63, 3.8) is 0 Å². The van der Waals surface area contributed by atoms with Gasteiger partial charge < -0.3 is 12.4 Å². The fourth-order valence-electron chi connectivity index (χ4n) is 5.13. The maximum atomic E-state index is 5.31. The van der Waals surface area contributed by atoms with Crippen LogP contribution in [0, 0.1) is 31.1 Å². The fraction of sp³-hybridized carbons (Fsp3) is 0.947. The third kappa shape index (κ3) is 8.44. The molecular weight excluding hydrogens is 389 g/mol. The van der Waals surface area contributed by atoms with Crippen molar-refractivity contribution in [2.45, 2.75) is 91.9 Å². The monoisotopic (exact) mass is 429 g/mol. The summed E-state index contributed by atoms with van der Waals surface area (Å²) in [5, 5.41) is 0. The first-order valence-corrected chi connectivity index (χ1v) is 16.4. The van der Waals surface area contributed by atoms with Crippen molar-refractivity contribution in [2.75, 3.05) is 0 Å². The summed E-state index contributed by atoms with van der Waals surface area (Å²) < 4.78 is 0. The van der Waals surface area contributed by atoms with E-state index in [-0.39, 0.29) is 13.0 Å². The molecule has 0 aromatic heterocycles. The maximum absolute atomic E-state index is 5.31. The van der Waals surface area contributed by atoms with Gasteiger partial charge in [0, 0.05) is 0 Å². The van der Waals surface area contributed by atoms with Crippen LogP contribution in [0.4, 0.5) is 0 Å². The average molecular weight is 430 g/mol. The van der Waals surface area contributed by atoms with Gasteiger partial charge in [0.05, 0.1) is 0 Å². The van der Waals surface area contributed by atoms with Gasteiger partial charge in [-0.2, -0.15) is 0 Å². The third-order valence-corrected chi connectivity index (χ3v) is 9.57. The normalized spacial score (nSPS) is 30.2. The molecule has 0 heterocycles. The zero-order valence-electron chi connectivity index (χ0n) is 17.7. The van der Waals surface area contributed by atoms with E-state index in [0.717, 1.165) is 29.2 Å². The van der Waals surface area contributed by atoms with E-state index in [1.165, 1.54) is 19.3 Å². The predicted octanol–water partition coefficient (Wildman–Crippen LogP) is 8.29. The Kier molecular flexibility index (Phi) is 13.9. The van der Waals surface area contributed by atoms with Crippen molar-refractivity contribution in [1.82, 2.24) is 0 Å². The molecule has 0 N–H and O–H groups in total. The molecule has 1 saturated carbocycles. The molecular formula is C19H41Cl2NSiTi-2. The molecule has 0 aromatic carbocycles. The minimum absolute atomic E-state index is 0. The number of halogens is 2. The summed E-state index contributed by atoms with van der Waals surface area (Å²) in [6.07, 6.45) is 4.17. The second kappa shape index (κ2) is 12.0. The van der Waals surface area contributed by atoms with Gasteiger partial charge in [0.1, 0.15) is 0 Å². The molecule has 24 heavy (non-hydrogen) atoms. The Bertz CT molecular complexity index is 334. The molecule has 1 rings (SSSR count). The van der Waals surface area contributed by atoms with Crippen LogP contribution in [0.15, 0.2) is 0 Å². The second-order valence-electron chi connectivity index (χ2n) is 8.92. The minimum atomic E-state index is -1.53. The third-order valence-electron chi connectivity index (χ3n) is 5.64. The Morgan fingerprint density at radius 1 is 1.00 bits per heavy atom. The van der Waals surface area contributed by atoms with Gasteiger partial charge in [-0.25, -0.2) is 0 Å². The van der Waals surface area contributed by atoms with Crippen molar-refractivity contribution >= 4 is 26.8 Å². The van der Waals surface area contributed by atoms with Crippen molar-refractivity contribution in [3.8, 4) is 0 Å². The first-order chi connectivity index (χ1) is 10.4. The van der Waals surface area contributed by atoms with E-state index < -0.39 is 25.3 Å². The van der Waals surface area contributed by atoms with E-state index >= 15 is 0 Å². The van der Waals surface area contributed by atoms with Crippen molar-refractivity contribution in [2.24, 2.45) is 23.7 Å². The number of nitrogens with zero attached hydrogens (tertiary/aromatic N) is 1. The molecule has 5 heteroatoms. The van der Waals surface area contributed by atoms with Gasteiger partial charge in [0.15, 0.2) is 0 Å². The van der Waals surface area contributed by atoms with Crippen LogP contribution in [-0.4, -0.2) is 13.8 Å². The summed E-state index contributed by atoms with van der Waals surface area (Å²) in [4.78, 5) is 5.31. The van der Waals surface area contributed by atoms with Gasteiger partial charge in [-0.1, -0.05) is 88.2 Å². The number of rotatable bonds is 5. The first-order valence-electron chi connectivity index (χ1n) is 9.13. The van der Waals surface area contributed by atoms with Gasteiger partial charge in [-0.3, -0.25) is 0 Å². The number of hydrogen-bond donors (Lipinski definition) is 0. The van der Waals surface area contributed by atoms with Crippen molar-refractivity contribution in [1.29, 1.82) is 0 Å². The summed E-state index contributed by atoms with van der Waals surface area (Å²) in [6, 6.07) is 0. The molecule has 0 aromatic rings. The molecule has 0 radical (unpaired) electrons. The molecule has 5 atom stereocenters. The summed E-state index contributed by atoms with van der Waals surface area (Å²) >= 11 is -0.556. The number of hydrogen-bond acceptors (Lipinski definition) is 0. The zero-order valence-corrected chi connectivity index (χ0v) is 21.8. The molecule has 0 saturated heterocycles. The molecule has 0 amide bonds. The van der Waals surface area contributed by atoms with E-state index in [9.17, 15) is 0 Å². The molecule has 0 bridgehead atoms. The van der Waals surface area contributed by atoms with E-state index in [0.29, 0.717) is 0 Å². The van der Waals surface area contributed by atoms with Crippen LogP contribution in [0.5, 0.6) is 0 Å². The van der Waals surface area contributed by atoms with Gasteiger partial charge in [-0.15, -0.1) is 5.54 Å². The summed E-state index contributed by atoms with van der Waals surface area (Å²) in [6.45, 7) is 21.7. The molecule has 0 spiro atoms. The van der Waals surface area contributed by atoms with Crippen LogP contribution < -0.4 is 0 Å². The fourth-order valence-corrected chi connectivity index (χ4v) is 10.1. The Morgan fingerprint density at radius 2 is 1.46 bits per heavy atom. The Hall–Kier alpha value is 1.47. The van der Waals surface area contributed by atoms with E-state index in [1.807, 2.05) is 0 Å². The van der Waals surface area contributed by atoms with E-state index in [1.54, 1.807) is 0 Å². The van der Waals surface area contributed by atoms with Crippen LogP contribution in [0.2, 0.25) is 18.6 Å². The van der Waals surface area contributed by atoms with E-state index in [2.05, 4.69) is 61.6 Å². The topological polar surface area (TPSA) is 14.1 Å². The standard InChI is InChI=1S/C18H38NSi.CH3.2ClH.Ti/c1-10-11-12-16-13(2)14(3)17(15(16)4)20(8,9)19-18(5,6)7;;;;/h13-17H,10-12H2,1-9H3;1H3;2*1H;/q2*-1;;;+2/p-2. The van der Waals surface area contributed by atoms with Gasteiger partial charge in [-0.05, 0) is 30.1 Å². The SMILES string of the molecule is CCCCC1C(C)C(C)C([Si](C)(C)[N-]C(C)(C)C)C1C.[CH3-].[Cl][Ti][Cl]. The van der Waals surface area contributed by atoms with Gasteiger partial charge in [0.25, 0.3) is 0 Å². The molecule has 1 nitrogen and oxygen atoms in total. The number of unbranched alkanes of at least 4 members (excludes halogenated alkanes) is 1. The molecule has 0 aliphatic heterocycles. The molecule has 146 valence electrons. The van der Waals surface area contributed by atoms with Crippen molar-refractivity contribution < 1.29 is 17.0 Å². The van der Waals surface area contributed by atoms with Crippen LogP contribution in [0.25, 0.3) is 4.98 Å². The summed E-state index contributed by atoms with van der Waals surface area (Å²) in [7, 11) is 8.25. The summed E-state index contributed by atoms with van der Waals surface area (Å²) in [5.41, 5.74) is 0.985. The van der Waals surface area contributed by atoms with Gasteiger partial charge in [0.2, 0.25) is 0 Å². The summed E-state index contributed by atoms with van der Waals surface area (Å²) in [5.74, 6) is 3.51. The van der Waals surface area contributed by atoms with Crippen LogP contribution in [-0.2, 0) is 17.0 Å². The Morgan fingerprint density at radius 3 is 1.83 bits per heavy atom. The quantitative estimate of drug-likeness (QED) is 0.308. The van der Waals surface area contributed by atoms with E-state index in [4.69, 9.17) is 23.6 Å². The van der Waals surface area contributed by atoms with Crippen LogP contribution in [0.3, 0.4) is 0 Å². The first kappa shape index (κ1) is 27.7. The molecule has 1 aliphatic carbocycles. The predicted molar refractivity (Wildman–Crippen MR) is 113 cm³/mol. The second-order valence-corrected chi connectivity index (χ2v) is 15.7. The van der Waals surface area contributed by atoms with Crippen LogP contribution in [0.1, 0.15) is 67.7 Å².